The summed E-state index contributed by atoms with van der Waals surface area (Å²) in [7, 11) is 0. The summed E-state index contributed by atoms with van der Waals surface area (Å²) in [5.74, 6) is 0.839. The Morgan fingerprint density at radius 2 is 2.15 bits per heavy atom. The molecule has 3 aromatic rings. The largest absolute Gasteiger partial charge is 0.344 e. The lowest BCUT2D eigenvalue weighted by molar-refractivity contribution is -0.121. The molecule has 3 aromatic heterocycles. The predicted molar refractivity (Wildman–Crippen MR) is 92.1 cm³/mol. The molecule has 0 aliphatic heterocycles. The summed E-state index contributed by atoms with van der Waals surface area (Å²) in [6.45, 7) is 5.12. The Balaban J connectivity index is 1.69. The van der Waals surface area contributed by atoms with Gasteiger partial charge in [0.25, 0.3) is 5.56 Å². The van der Waals surface area contributed by atoms with Crippen LogP contribution in [0.3, 0.4) is 0 Å². The van der Waals surface area contributed by atoms with E-state index in [4.69, 9.17) is 4.52 Å². The first-order chi connectivity index (χ1) is 12.4. The Labute approximate surface area is 148 Å². The standard InChI is InChI=1S/C17H18N6O3/c1-9-13(16(25)21-11(3)19-9)7-14(24)20-10(2)17-22-15(23-26-17)12-5-4-6-18-8-12/h4-6,8,10H,7H2,1-3H3,(H,20,24)(H,19,21,25)/t10-/m0/s1. The summed E-state index contributed by atoms with van der Waals surface area (Å²) >= 11 is 0. The van der Waals surface area contributed by atoms with Crippen LogP contribution >= 0.6 is 0 Å². The highest BCUT2D eigenvalue weighted by atomic mass is 16.5. The van der Waals surface area contributed by atoms with Crippen molar-refractivity contribution >= 4 is 5.91 Å². The van der Waals surface area contributed by atoms with Gasteiger partial charge in [0, 0.05) is 29.2 Å². The number of rotatable bonds is 5. The molecule has 0 unspecified atom stereocenters. The number of pyridine rings is 1. The Morgan fingerprint density at radius 3 is 2.85 bits per heavy atom. The second-order valence-corrected chi connectivity index (χ2v) is 5.88. The average Bonchev–Trinajstić information content (AvgIpc) is 3.09. The van der Waals surface area contributed by atoms with Crippen LogP contribution in [0.15, 0.2) is 33.8 Å². The van der Waals surface area contributed by atoms with Crippen molar-refractivity contribution in [3.05, 3.63) is 57.9 Å². The van der Waals surface area contributed by atoms with Gasteiger partial charge in [0.15, 0.2) is 0 Å². The molecular weight excluding hydrogens is 336 g/mol. The van der Waals surface area contributed by atoms with Crippen LogP contribution in [0.2, 0.25) is 0 Å². The van der Waals surface area contributed by atoms with E-state index in [2.05, 4.69) is 30.4 Å². The Kier molecular flexibility index (Phi) is 4.87. The molecule has 3 rings (SSSR count). The van der Waals surface area contributed by atoms with E-state index in [0.29, 0.717) is 28.5 Å². The maximum atomic E-state index is 12.3. The van der Waals surface area contributed by atoms with Gasteiger partial charge in [-0.1, -0.05) is 5.16 Å². The summed E-state index contributed by atoms with van der Waals surface area (Å²) in [6, 6.07) is 3.08. The third kappa shape index (κ3) is 3.82. The first-order valence-electron chi connectivity index (χ1n) is 8.04. The van der Waals surface area contributed by atoms with Crippen LogP contribution in [0.5, 0.6) is 0 Å². The van der Waals surface area contributed by atoms with E-state index in [1.54, 1.807) is 39.2 Å². The number of aromatic amines is 1. The van der Waals surface area contributed by atoms with Crippen molar-refractivity contribution < 1.29 is 9.32 Å². The normalized spacial score (nSPS) is 12.0. The number of carbonyl (C=O) groups excluding carboxylic acids is 1. The summed E-state index contributed by atoms with van der Waals surface area (Å²) in [4.78, 5) is 39.3. The number of nitrogens with one attached hydrogen (secondary N) is 2. The van der Waals surface area contributed by atoms with Gasteiger partial charge in [-0.3, -0.25) is 14.6 Å². The number of aromatic nitrogens is 5. The van der Waals surface area contributed by atoms with Crippen LogP contribution in [-0.2, 0) is 11.2 Å². The van der Waals surface area contributed by atoms with Crippen LogP contribution in [-0.4, -0.2) is 31.0 Å². The molecule has 0 radical (unpaired) electrons. The maximum Gasteiger partial charge on any atom is 0.254 e. The average molecular weight is 354 g/mol. The number of hydrogen-bond donors (Lipinski definition) is 2. The fourth-order valence-corrected chi connectivity index (χ4v) is 2.50. The van der Waals surface area contributed by atoms with Gasteiger partial charge in [0.1, 0.15) is 11.9 Å². The number of H-pyrrole nitrogens is 1. The van der Waals surface area contributed by atoms with Crippen molar-refractivity contribution in [3.8, 4) is 11.4 Å². The number of hydrogen-bond acceptors (Lipinski definition) is 7. The fraction of sp³-hybridized carbons (Fsp3) is 0.294. The zero-order chi connectivity index (χ0) is 18.7. The lowest BCUT2D eigenvalue weighted by Crippen LogP contribution is -2.31. The summed E-state index contributed by atoms with van der Waals surface area (Å²) in [6.07, 6.45) is 3.19. The molecule has 134 valence electrons. The highest BCUT2D eigenvalue weighted by Gasteiger charge is 2.19. The van der Waals surface area contributed by atoms with Gasteiger partial charge in [-0.25, -0.2) is 4.98 Å². The molecule has 0 fully saturated rings. The molecule has 3 heterocycles. The zero-order valence-corrected chi connectivity index (χ0v) is 14.6. The van der Waals surface area contributed by atoms with E-state index in [0.717, 1.165) is 0 Å². The quantitative estimate of drug-likeness (QED) is 0.706. The van der Waals surface area contributed by atoms with Crippen molar-refractivity contribution in [1.29, 1.82) is 0 Å². The highest BCUT2D eigenvalue weighted by Crippen LogP contribution is 2.17. The molecule has 9 nitrogen and oxygen atoms in total. The maximum absolute atomic E-state index is 12.3. The summed E-state index contributed by atoms with van der Waals surface area (Å²) < 4.78 is 5.21. The van der Waals surface area contributed by atoms with E-state index < -0.39 is 6.04 Å². The molecule has 2 N–H and O–H groups in total. The van der Waals surface area contributed by atoms with E-state index in [9.17, 15) is 9.59 Å². The van der Waals surface area contributed by atoms with Gasteiger partial charge in [0.2, 0.25) is 17.6 Å². The van der Waals surface area contributed by atoms with Gasteiger partial charge in [-0.15, -0.1) is 0 Å². The number of carbonyl (C=O) groups is 1. The minimum atomic E-state index is -0.502. The molecule has 0 saturated carbocycles. The van der Waals surface area contributed by atoms with E-state index in [1.807, 2.05) is 6.07 Å². The van der Waals surface area contributed by atoms with Gasteiger partial charge in [0.05, 0.1) is 6.42 Å². The molecule has 0 bridgehead atoms. The molecule has 26 heavy (non-hydrogen) atoms. The zero-order valence-electron chi connectivity index (χ0n) is 14.6. The van der Waals surface area contributed by atoms with Crippen LogP contribution in [0.4, 0.5) is 0 Å². The molecule has 0 spiro atoms. The summed E-state index contributed by atoms with van der Waals surface area (Å²) in [5, 5.41) is 6.64. The third-order valence-electron chi connectivity index (χ3n) is 3.79. The smallest absolute Gasteiger partial charge is 0.254 e. The van der Waals surface area contributed by atoms with Crippen LogP contribution in [0.25, 0.3) is 11.4 Å². The van der Waals surface area contributed by atoms with Crippen LogP contribution in [0.1, 0.15) is 35.9 Å². The fourth-order valence-electron chi connectivity index (χ4n) is 2.50. The van der Waals surface area contributed by atoms with Gasteiger partial charge in [-0.05, 0) is 32.9 Å². The Hall–Kier alpha value is -3.36. The van der Waals surface area contributed by atoms with Gasteiger partial charge in [-0.2, -0.15) is 4.98 Å². The molecule has 1 amide bonds. The lowest BCUT2D eigenvalue weighted by Gasteiger charge is -2.10. The minimum Gasteiger partial charge on any atom is -0.344 e. The van der Waals surface area contributed by atoms with E-state index in [-0.39, 0.29) is 23.8 Å². The van der Waals surface area contributed by atoms with Crippen molar-refractivity contribution in [2.75, 3.05) is 0 Å². The Morgan fingerprint density at radius 1 is 1.35 bits per heavy atom. The van der Waals surface area contributed by atoms with E-state index >= 15 is 0 Å². The van der Waals surface area contributed by atoms with E-state index in [1.165, 1.54) is 0 Å². The number of aryl methyl sites for hydroxylation is 2. The first kappa shape index (κ1) is 17.5. The van der Waals surface area contributed by atoms with Crippen molar-refractivity contribution in [2.45, 2.75) is 33.2 Å². The summed E-state index contributed by atoms with van der Waals surface area (Å²) in [5.41, 5.74) is 1.27. The minimum absolute atomic E-state index is 0.0810. The SMILES string of the molecule is Cc1nc(C)c(CC(=O)N[C@@H](C)c2nc(-c3cccnc3)no2)c(=O)[nH]1. The second-order valence-electron chi connectivity index (χ2n) is 5.88. The van der Waals surface area contributed by atoms with Crippen molar-refractivity contribution in [1.82, 2.24) is 30.4 Å². The molecule has 9 heteroatoms. The third-order valence-corrected chi connectivity index (χ3v) is 3.79. The first-order valence-corrected chi connectivity index (χ1v) is 8.04. The van der Waals surface area contributed by atoms with Crippen LogP contribution < -0.4 is 10.9 Å². The Bertz CT molecular complexity index is 980. The lowest BCUT2D eigenvalue weighted by atomic mass is 10.1. The second kappa shape index (κ2) is 7.26. The predicted octanol–water partition coefficient (Wildman–Crippen LogP) is 1.25. The molecule has 1 atom stereocenters. The van der Waals surface area contributed by atoms with Gasteiger partial charge >= 0.3 is 0 Å². The topological polar surface area (TPSA) is 127 Å². The highest BCUT2D eigenvalue weighted by molar-refractivity contribution is 5.79. The van der Waals surface area contributed by atoms with Gasteiger partial charge < -0.3 is 14.8 Å². The van der Waals surface area contributed by atoms with Crippen molar-refractivity contribution in [2.24, 2.45) is 0 Å². The molecular formula is C17H18N6O3. The number of nitrogens with zero attached hydrogens (tertiary/aromatic N) is 4. The molecule has 0 saturated heterocycles. The molecule has 0 aliphatic carbocycles. The number of amides is 1. The van der Waals surface area contributed by atoms with Crippen molar-refractivity contribution in [3.63, 3.8) is 0 Å². The molecule has 0 aromatic carbocycles. The molecule has 0 aliphatic rings. The van der Waals surface area contributed by atoms with Crippen LogP contribution in [0, 0.1) is 13.8 Å². The monoisotopic (exact) mass is 354 g/mol.